The van der Waals surface area contributed by atoms with E-state index >= 15 is 0 Å². The van der Waals surface area contributed by atoms with Crippen molar-refractivity contribution in [2.45, 2.75) is 63.9 Å². The Balaban J connectivity index is 1.29. The summed E-state index contributed by atoms with van der Waals surface area (Å²) < 4.78 is 27.7. The number of hydrogen-bond donors (Lipinski definition) is 1. The fraction of sp³-hybridized carbons (Fsp3) is 0.519. The summed E-state index contributed by atoms with van der Waals surface area (Å²) in [6.45, 7) is 9.42. The van der Waals surface area contributed by atoms with Gasteiger partial charge in [-0.1, -0.05) is 37.3 Å². The first-order valence-corrected chi connectivity index (χ1v) is 13.9. The molecular weight excluding hydrogens is 446 g/mol. The van der Waals surface area contributed by atoms with Crippen LogP contribution in [0.2, 0.25) is 0 Å². The Morgan fingerprint density at radius 1 is 1.03 bits per heavy atom. The van der Waals surface area contributed by atoms with Crippen LogP contribution in [-0.4, -0.2) is 55.8 Å². The second-order valence-corrected chi connectivity index (χ2v) is 11.7. The van der Waals surface area contributed by atoms with Crippen LogP contribution in [0.5, 0.6) is 0 Å². The third kappa shape index (κ3) is 5.37. The minimum absolute atomic E-state index is 0.0547. The van der Waals surface area contributed by atoms with Crippen LogP contribution in [0, 0.1) is 19.8 Å². The van der Waals surface area contributed by atoms with Gasteiger partial charge in [0.05, 0.1) is 4.90 Å². The molecule has 1 unspecified atom stereocenters. The zero-order valence-corrected chi connectivity index (χ0v) is 21.4. The van der Waals surface area contributed by atoms with E-state index in [0.717, 1.165) is 37.1 Å². The van der Waals surface area contributed by atoms with Gasteiger partial charge in [-0.15, -0.1) is 0 Å². The van der Waals surface area contributed by atoms with Crippen LogP contribution >= 0.6 is 0 Å². The molecule has 0 aromatic heterocycles. The topological polar surface area (TPSA) is 69.7 Å². The number of hydrogen-bond acceptors (Lipinski definition) is 4. The number of carbonyl (C=O) groups is 1. The lowest BCUT2D eigenvalue weighted by molar-refractivity contribution is -0.126. The lowest BCUT2D eigenvalue weighted by Gasteiger charge is -2.36. The molecule has 7 heteroatoms. The van der Waals surface area contributed by atoms with Crippen LogP contribution in [0.15, 0.2) is 47.4 Å². The van der Waals surface area contributed by atoms with Gasteiger partial charge >= 0.3 is 0 Å². The summed E-state index contributed by atoms with van der Waals surface area (Å²) in [5.74, 6) is -0.0788. The number of rotatable bonds is 7. The van der Waals surface area contributed by atoms with Crippen molar-refractivity contribution >= 4 is 15.9 Å². The molecule has 1 atom stereocenters. The van der Waals surface area contributed by atoms with Crippen LogP contribution in [0.25, 0.3) is 0 Å². The smallest absolute Gasteiger partial charge is 0.243 e. The highest BCUT2D eigenvalue weighted by Gasteiger charge is 2.32. The highest BCUT2D eigenvalue weighted by molar-refractivity contribution is 7.89. The molecule has 0 radical (unpaired) electrons. The summed E-state index contributed by atoms with van der Waals surface area (Å²) in [6.07, 6.45) is 3.15. The number of piperidine rings is 1. The van der Waals surface area contributed by atoms with Crippen LogP contribution in [0.1, 0.15) is 48.4 Å². The quantitative estimate of drug-likeness (QED) is 0.653. The third-order valence-electron chi connectivity index (χ3n) is 7.60. The van der Waals surface area contributed by atoms with Crippen molar-refractivity contribution in [1.29, 1.82) is 0 Å². The minimum Gasteiger partial charge on any atom is -0.354 e. The van der Waals surface area contributed by atoms with Crippen LogP contribution in [-0.2, 0) is 27.8 Å². The monoisotopic (exact) mass is 483 g/mol. The number of fused-ring (bicyclic) bond motifs is 1. The highest BCUT2D eigenvalue weighted by atomic mass is 32.2. The van der Waals surface area contributed by atoms with Gasteiger partial charge in [-0.3, -0.25) is 9.69 Å². The minimum atomic E-state index is -3.52. The lowest BCUT2D eigenvalue weighted by atomic mass is 9.96. The van der Waals surface area contributed by atoms with E-state index < -0.39 is 10.0 Å². The summed E-state index contributed by atoms with van der Waals surface area (Å²) in [5, 5.41) is 3.18. The lowest BCUT2D eigenvalue weighted by Crippen LogP contribution is -2.48. The van der Waals surface area contributed by atoms with Crippen LogP contribution in [0.3, 0.4) is 0 Å². The van der Waals surface area contributed by atoms with Crippen LogP contribution < -0.4 is 5.32 Å². The summed E-state index contributed by atoms with van der Waals surface area (Å²) in [7, 11) is -3.52. The summed E-state index contributed by atoms with van der Waals surface area (Å²) in [6, 6.07) is 14.2. The number of nitrogens with one attached hydrogen (secondary N) is 1. The van der Waals surface area contributed by atoms with Gasteiger partial charge in [-0.25, -0.2) is 8.42 Å². The molecule has 4 rings (SSSR count). The molecule has 2 aliphatic rings. The fourth-order valence-electron chi connectivity index (χ4n) is 5.11. The van der Waals surface area contributed by atoms with Gasteiger partial charge in [-0.2, -0.15) is 4.31 Å². The van der Waals surface area contributed by atoms with E-state index in [1.54, 1.807) is 12.1 Å². The first-order valence-electron chi connectivity index (χ1n) is 12.5. The molecule has 6 nitrogen and oxygen atoms in total. The number of nitrogens with zero attached hydrogens (tertiary/aromatic N) is 2. The van der Waals surface area contributed by atoms with Gasteiger partial charge < -0.3 is 5.32 Å². The van der Waals surface area contributed by atoms with E-state index in [1.165, 1.54) is 15.4 Å². The van der Waals surface area contributed by atoms with Crippen molar-refractivity contribution in [3.8, 4) is 0 Å². The van der Waals surface area contributed by atoms with Crippen molar-refractivity contribution in [3.63, 3.8) is 0 Å². The first kappa shape index (κ1) is 24.9. The Bertz CT molecular complexity index is 1120. The maximum Gasteiger partial charge on any atom is 0.243 e. The second kappa shape index (κ2) is 10.6. The van der Waals surface area contributed by atoms with E-state index in [-0.39, 0.29) is 11.8 Å². The van der Waals surface area contributed by atoms with E-state index in [4.69, 9.17) is 0 Å². The van der Waals surface area contributed by atoms with Gasteiger partial charge in [0.25, 0.3) is 0 Å². The van der Waals surface area contributed by atoms with E-state index in [9.17, 15) is 13.2 Å². The SMILES string of the molecule is CCC(CNC(=O)C1CCN(S(=O)(=O)c2ccc(C)c(C)c2)CC1)N1CCc2ccccc2C1. The maximum atomic E-state index is 13.1. The van der Waals surface area contributed by atoms with E-state index in [0.29, 0.717) is 43.4 Å². The molecule has 0 saturated carbocycles. The number of carbonyl (C=O) groups excluding carboxylic acids is 1. The normalized spacial score (nSPS) is 18.9. The molecule has 2 aliphatic heterocycles. The summed E-state index contributed by atoms with van der Waals surface area (Å²) in [4.78, 5) is 15.7. The van der Waals surface area contributed by atoms with Crippen molar-refractivity contribution in [1.82, 2.24) is 14.5 Å². The molecule has 34 heavy (non-hydrogen) atoms. The van der Waals surface area contributed by atoms with Crippen LogP contribution in [0.4, 0.5) is 0 Å². The second-order valence-electron chi connectivity index (χ2n) is 9.72. The molecule has 0 aliphatic carbocycles. The Kier molecular flexibility index (Phi) is 7.75. The number of benzene rings is 2. The first-order chi connectivity index (χ1) is 16.3. The van der Waals surface area contributed by atoms with Gasteiger partial charge in [0.2, 0.25) is 15.9 Å². The highest BCUT2D eigenvalue weighted by Crippen LogP contribution is 2.26. The maximum absolute atomic E-state index is 13.1. The van der Waals surface area contributed by atoms with E-state index in [1.807, 2.05) is 19.9 Å². The number of aryl methyl sites for hydroxylation is 2. The Hall–Kier alpha value is -2.22. The fourth-order valence-corrected chi connectivity index (χ4v) is 6.66. The zero-order valence-electron chi connectivity index (χ0n) is 20.6. The molecule has 0 bridgehead atoms. The molecule has 184 valence electrons. The predicted molar refractivity (Wildman–Crippen MR) is 135 cm³/mol. The van der Waals surface area contributed by atoms with Crippen molar-refractivity contribution in [3.05, 3.63) is 64.7 Å². The standard InChI is InChI=1S/C27H37N3O3S/c1-4-25(29-14-11-22-7-5-6-8-24(22)19-29)18-28-27(31)23-12-15-30(16-13-23)34(32,33)26-10-9-20(2)21(3)17-26/h5-10,17,23,25H,4,11-16,18-19H2,1-3H3,(H,28,31). The van der Waals surface area contributed by atoms with Gasteiger partial charge in [-0.05, 0) is 73.9 Å². The van der Waals surface area contributed by atoms with Gasteiger partial charge in [0.15, 0.2) is 0 Å². The predicted octanol–water partition coefficient (Wildman–Crippen LogP) is 3.66. The summed E-state index contributed by atoms with van der Waals surface area (Å²) in [5.41, 5.74) is 4.86. The average molecular weight is 484 g/mol. The average Bonchev–Trinajstić information content (AvgIpc) is 2.85. The molecule has 1 fully saturated rings. The molecule has 1 N–H and O–H groups in total. The van der Waals surface area contributed by atoms with Crippen molar-refractivity contribution in [2.75, 3.05) is 26.2 Å². The number of sulfonamides is 1. The van der Waals surface area contributed by atoms with E-state index in [2.05, 4.69) is 41.4 Å². The molecule has 1 amide bonds. The molecule has 2 aromatic rings. The van der Waals surface area contributed by atoms with Gasteiger partial charge in [0.1, 0.15) is 0 Å². The zero-order chi connectivity index (χ0) is 24.3. The number of amides is 1. The molecule has 0 spiro atoms. The molecule has 2 heterocycles. The van der Waals surface area contributed by atoms with Gasteiger partial charge in [0, 0.05) is 44.7 Å². The largest absolute Gasteiger partial charge is 0.354 e. The van der Waals surface area contributed by atoms with Crippen molar-refractivity contribution in [2.24, 2.45) is 5.92 Å². The molecular formula is C27H37N3O3S. The summed E-state index contributed by atoms with van der Waals surface area (Å²) >= 11 is 0. The Morgan fingerprint density at radius 2 is 1.74 bits per heavy atom. The Labute approximate surface area is 204 Å². The Morgan fingerprint density at radius 3 is 2.41 bits per heavy atom. The molecule has 1 saturated heterocycles. The third-order valence-corrected chi connectivity index (χ3v) is 9.50. The molecule has 2 aromatic carbocycles. The van der Waals surface area contributed by atoms with Crippen molar-refractivity contribution < 1.29 is 13.2 Å².